The number of carboxylic acids is 1. The molecule has 0 atom stereocenters. The van der Waals surface area contributed by atoms with E-state index < -0.39 is 5.97 Å². The molecular weight excluding hydrogens is 182 g/mol. The van der Waals surface area contributed by atoms with Gasteiger partial charge in [-0.15, -0.1) is 0 Å². The highest BCUT2D eigenvalue weighted by Gasteiger charge is 1.99. The maximum Gasteiger partial charge on any atom is 0.322 e. The fourth-order valence-corrected chi connectivity index (χ4v) is 1.00. The molecule has 4 nitrogen and oxygen atoms in total. The Labute approximate surface area is 81.6 Å². The van der Waals surface area contributed by atoms with Crippen molar-refractivity contribution in [2.24, 2.45) is 0 Å². The van der Waals surface area contributed by atoms with Gasteiger partial charge in [-0.05, 0) is 31.2 Å². The number of carbonyl (C=O) groups excluding carboxylic acids is 1. The Morgan fingerprint density at radius 2 is 1.86 bits per heavy atom. The van der Waals surface area contributed by atoms with Gasteiger partial charge in [0.25, 0.3) is 0 Å². The number of carbonyl (C=O) groups is 2. The number of hydrogen-bond acceptors (Lipinski definition) is 3. The van der Waals surface area contributed by atoms with Crippen molar-refractivity contribution < 1.29 is 14.7 Å². The topological polar surface area (TPSA) is 66.4 Å². The molecule has 0 aromatic heterocycles. The highest BCUT2D eigenvalue weighted by molar-refractivity contribution is 5.94. The fraction of sp³-hybridized carbons (Fsp3) is 0.200. The average molecular weight is 193 g/mol. The minimum Gasteiger partial charge on any atom is -0.480 e. The summed E-state index contributed by atoms with van der Waals surface area (Å²) in [6.45, 7) is 1.36. The molecule has 14 heavy (non-hydrogen) atoms. The lowest BCUT2D eigenvalue weighted by Crippen LogP contribution is -2.12. The molecule has 4 heteroatoms. The van der Waals surface area contributed by atoms with E-state index in [9.17, 15) is 9.59 Å². The fourth-order valence-electron chi connectivity index (χ4n) is 1.00. The minimum atomic E-state index is -0.916. The van der Waals surface area contributed by atoms with Crippen LogP contribution < -0.4 is 5.32 Å². The van der Waals surface area contributed by atoms with E-state index in [0.29, 0.717) is 11.3 Å². The first-order valence-electron chi connectivity index (χ1n) is 4.16. The smallest absolute Gasteiger partial charge is 0.322 e. The van der Waals surface area contributed by atoms with Crippen LogP contribution in [0.2, 0.25) is 0 Å². The SMILES string of the molecule is CC(=O)c1ccc(NCC(=O)O)cc1. The molecule has 2 N–H and O–H groups in total. The van der Waals surface area contributed by atoms with E-state index in [2.05, 4.69) is 5.32 Å². The summed E-state index contributed by atoms with van der Waals surface area (Å²) in [5.74, 6) is -0.921. The van der Waals surface area contributed by atoms with Gasteiger partial charge >= 0.3 is 5.97 Å². The number of ketones is 1. The van der Waals surface area contributed by atoms with Gasteiger partial charge in [-0.1, -0.05) is 0 Å². The van der Waals surface area contributed by atoms with Gasteiger partial charge in [-0.3, -0.25) is 9.59 Å². The molecule has 1 aromatic rings. The molecule has 0 fully saturated rings. The molecule has 0 aliphatic carbocycles. The maximum atomic E-state index is 10.9. The van der Waals surface area contributed by atoms with E-state index >= 15 is 0 Å². The highest BCUT2D eigenvalue weighted by Crippen LogP contribution is 2.09. The van der Waals surface area contributed by atoms with Crippen LogP contribution in [0.5, 0.6) is 0 Å². The summed E-state index contributed by atoms with van der Waals surface area (Å²) in [7, 11) is 0. The Bertz CT molecular complexity index is 343. The van der Waals surface area contributed by atoms with Crippen molar-refractivity contribution in [1.82, 2.24) is 0 Å². The van der Waals surface area contributed by atoms with Crippen LogP contribution in [0.1, 0.15) is 17.3 Å². The summed E-state index contributed by atoms with van der Waals surface area (Å²) in [5.41, 5.74) is 1.31. The zero-order valence-corrected chi connectivity index (χ0v) is 7.78. The van der Waals surface area contributed by atoms with Crippen LogP contribution in [0, 0.1) is 0 Å². The second kappa shape index (κ2) is 4.41. The van der Waals surface area contributed by atoms with Crippen LogP contribution >= 0.6 is 0 Å². The Kier molecular flexibility index (Phi) is 3.23. The lowest BCUT2D eigenvalue weighted by molar-refractivity contribution is -0.134. The second-order valence-corrected chi connectivity index (χ2v) is 2.88. The third-order valence-electron chi connectivity index (χ3n) is 1.74. The highest BCUT2D eigenvalue weighted by atomic mass is 16.4. The first kappa shape index (κ1) is 10.2. The molecule has 0 aliphatic heterocycles. The Morgan fingerprint density at radius 1 is 1.29 bits per heavy atom. The van der Waals surface area contributed by atoms with Crippen molar-refractivity contribution in [2.75, 3.05) is 11.9 Å². The summed E-state index contributed by atoms with van der Waals surface area (Å²) < 4.78 is 0. The molecule has 0 spiro atoms. The van der Waals surface area contributed by atoms with Gasteiger partial charge in [-0.2, -0.15) is 0 Å². The second-order valence-electron chi connectivity index (χ2n) is 2.88. The minimum absolute atomic E-state index is 0.00483. The van der Waals surface area contributed by atoms with Gasteiger partial charge in [-0.25, -0.2) is 0 Å². The van der Waals surface area contributed by atoms with Crippen LogP contribution in [0.15, 0.2) is 24.3 Å². The van der Waals surface area contributed by atoms with Crippen molar-refractivity contribution in [1.29, 1.82) is 0 Å². The lowest BCUT2D eigenvalue weighted by Gasteiger charge is -2.03. The molecule has 0 amide bonds. The monoisotopic (exact) mass is 193 g/mol. The third-order valence-corrected chi connectivity index (χ3v) is 1.74. The van der Waals surface area contributed by atoms with Crippen molar-refractivity contribution in [2.45, 2.75) is 6.92 Å². The number of benzene rings is 1. The molecule has 0 saturated heterocycles. The van der Waals surface area contributed by atoms with Gasteiger partial charge in [0.1, 0.15) is 6.54 Å². The number of nitrogens with one attached hydrogen (secondary N) is 1. The van der Waals surface area contributed by atoms with Crippen molar-refractivity contribution in [3.05, 3.63) is 29.8 Å². The van der Waals surface area contributed by atoms with E-state index in [1.165, 1.54) is 6.92 Å². The van der Waals surface area contributed by atoms with E-state index in [-0.39, 0.29) is 12.3 Å². The normalized spacial score (nSPS) is 9.50. The lowest BCUT2D eigenvalue weighted by atomic mass is 10.1. The first-order valence-corrected chi connectivity index (χ1v) is 4.16. The number of carboxylic acid groups (broad SMARTS) is 1. The predicted molar refractivity (Wildman–Crippen MR) is 52.6 cm³/mol. The quantitative estimate of drug-likeness (QED) is 0.709. The van der Waals surface area contributed by atoms with Crippen LogP contribution in [0.3, 0.4) is 0 Å². The zero-order chi connectivity index (χ0) is 10.6. The van der Waals surface area contributed by atoms with E-state index in [1.54, 1.807) is 24.3 Å². The summed E-state index contributed by atoms with van der Waals surface area (Å²) in [5, 5.41) is 11.1. The number of hydrogen-bond donors (Lipinski definition) is 2. The number of rotatable bonds is 4. The average Bonchev–Trinajstić information content (AvgIpc) is 2.15. The Hall–Kier alpha value is -1.84. The molecule has 0 heterocycles. The molecule has 0 aliphatic rings. The predicted octanol–water partition coefficient (Wildman–Crippen LogP) is 1.39. The van der Waals surface area contributed by atoms with Crippen LogP contribution in [-0.4, -0.2) is 23.4 Å². The van der Waals surface area contributed by atoms with Gasteiger partial charge in [0.2, 0.25) is 0 Å². The van der Waals surface area contributed by atoms with Crippen molar-refractivity contribution in [3.63, 3.8) is 0 Å². The first-order chi connectivity index (χ1) is 6.59. The number of anilines is 1. The summed E-state index contributed by atoms with van der Waals surface area (Å²) >= 11 is 0. The molecule has 1 rings (SSSR count). The van der Waals surface area contributed by atoms with Crippen molar-refractivity contribution >= 4 is 17.4 Å². The molecule has 0 radical (unpaired) electrons. The largest absolute Gasteiger partial charge is 0.480 e. The summed E-state index contributed by atoms with van der Waals surface area (Å²) in [6, 6.07) is 6.68. The Morgan fingerprint density at radius 3 is 2.29 bits per heavy atom. The van der Waals surface area contributed by atoms with E-state index in [0.717, 1.165) is 0 Å². The van der Waals surface area contributed by atoms with Gasteiger partial charge < -0.3 is 10.4 Å². The third kappa shape index (κ3) is 2.90. The molecule has 74 valence electrons. The standard InChI is InChI=1S/C10H11NO3/c1-7(12)8-2-4-9(5-3-8)11-6-10(13)14/h2-5,11H,6H2,1H3,(H,13,14). The van der Waals surface area contributed by atoms with Crippen molar-refractivity contribution in [3.8, 4) is 0 Å². The van der Waals surface area contributed by atoms with Gasteiger partial charge in [0, 0.05) is 11.3 Å². The molecule has 1 aromatic carbocycles. The zero-order valence-electron chi connectivity index (χ0n) is 7.78. The summed E-state index contributed by atoms with van der Waals surface area (Å²) in [6.07, 6.45) is 0. The van der Waals surface area contributed by atoms with Crippen LogP contribution in [0.25, 0.3) is 0 Å². The van der Waals surface area contributed by atoms with Crippen LogP contribution in [0.4, 0.5) is 5.69 Å². The summed E-state index contributed by atoms with van der Waals surface area (Å²) in [4.78, 5) is 21.1. The molecule has 0 unspecified atom stereocenters. The molecule has 0 bridgehead atoms. The number of Topliss-reactive ketones (excluding diaryl/α,β-unsaturated/α-hetero) is 1. The molecule has 0 saturated carbocycles. The number of aliphatic carboxylic acids is 1. The van der Waals surface area contributed by atoms with E-state index in [1.807, 2.05) is 0 Å². The molecular formula is C10H11NO3. The van der Waals surface area contributed by atoms with Crippen LogP contribution in [-0.2, 0) is 4.79 Å². The van der Waals surface area contributed by atoms with Gasteiger partial charge in [0.15, 0.2) is 5.78 Å². The van der Waals surface area contributed by atoms with Gasteiger partial charge in [0.05, 0.1) is 0 Å². The maximum absolute atomic E-state index is 10.9. The van der Waals surface area contributed by atoms with E-state index in [4.69, 9.17) is 5.11 Å². The Balaban J connectivity index is 2.64.